The Morgan fingerprint density at radius 2 is 1.88 bits per heavy atom. The third kappa shape index (κ3) is 4.29. The molecule has 0 aliphatic rings. The van der Waals surface area contributed by atoms with Gasteiger partial charge in [0.1, 0.15) is 5.82 Å². The quantitative estimate of drug-likeness (QED) is 0.592. The van der Waals surface area contributed by atoms with Crippen molar-refractivity contribution in [1.29, 1.82) is 0 Å². The summed E-state index contributed by atoms with van der Waals surface area (Å²) in [6, 6.07) is 8.98. The van der Waals surface area contributed by atoms with E-state index in [9.17, 15) is 27.7 Å². The van der Waals surface area contributed by atoms with Crippen LogP contribution in [0.5, 0.6) is 0 Å². The molecule has 25 heavy (non-hydrogen) atoms. The van der Waals surface area contributed by atoms with E-state index in [2.05, 4.69) is 0 Å². The Morgan fingerprint density at radius 3 is 2.48 bits per heavy atom. The van der Waals surface area contributed by atoms with Crippen LogP contribution in [0.4, 0.5) is 15.8 Å². The molecule has 0 saturated heterocycles. The van der Waals surface area contributed by atoms with Gasteiger partial charge in [0.15, 0.2) is 0 Å². The van der Waals surface area contributed by atoms with E-state index in [1.807, 2.05) is 0 Å². The summed E-state index contributed by atoms with van der Waals surface area (Å²) in [5.74, 6) is -1.94. The monoisotopic (exact) mass is 368 g/mol. The first-order valence-corrected chi connectivity index (χ1v) is 8.40. The lowest BCUT2D eigenvalue weighted by molar-refractivity contribution is -0.385. The maximum absolute atomic E-state index is 13.5. The number of nitro benzene ring substituents is 1. The van der Waals surface area contributed by atoms with Crippen molar-refractivity contribution in [2.24, 2.45) is 0 Å². The Balaban J connectivity index is 2.53. The molecule has 0 radical (unpaired) electrons. The number of sulfonamides is 1. The molecule has 0 atom stereocenters. The number of nitro groups is 1. The van der Waals surface area contributed by atoms with Crippen molar-refractivity contribution >= 4 is 27.4 Å². The van der Waals surface area contributed by atoms with Crippen molar-refractivity contribution in [3.05, 3.63) is 64.5 Å². The van der Waals surface area contributed by atoms with Crippen LogP contribution in [0.25, 0.3) is 0 Å². The molecule has 0 aliphatic carbocycles. The summed E-state index contributed by atoms with van der Waals surface area (Å²) in [7, 11) is -4.32. The Kier molecular flexibility index (Phi) is 5.32. The third-order valence-corrected chi connectivity index (χ3v) is 5.06. The lowest BCUT2D eigenvalue weighted by atomic mass is 10.3. The fourth-order valence-corrected chi connectivity index (χ4v) is 3.60. The van der Waals surface area contributed by atoms with Gasteiger partial charge in [0, 0.05) is 18.7 Å². The average molecular weight is 368 g/mol. The number of carboxylic acid groups (broad SMARTS) is 1. The summed E-state index contributed by atoms with van der Waals surface area (Å²) in [6.45, 7) is -0.455. The number of hydrogen-bond donors (Lipinski definition) is 1. The molecule has 8 nitrogen and oxygen atoms in total. The molecule has 0 bridgehead atoms. The van der Waals surface area contributed by atoms with Crippen LogP contribution in [0.1, 0.15) is 6.42 Å². The van der Waals surface area contributed by atoms with Gasteiger partial charge >= 0.3 is 5.97 Å². The Bertz CT molecular complexity index is 916. The molecule has 0 heterocycles. The van der Waals surface area contributed by atoms with E-state index in [4.69, 9.17) is 5.11 Å². The van der Waals surface area contributed by atoms with Crippen molar-refractivity contribution < 1.29 is 27.6 Å². The zero-order chi connectivity index (χ0) is 18.6. The highest BCUT2D eigenvalue weighted by Crippen LogP contribution is 2.26. The van der Waals surface area contributed by atoms with Crippen LogP contribution in [-0.2, 0) is 14.8 Å². The van der Waals surface area contributed by atoms with Crippen LogP contribution in [0.15, 0.2) is 53.4 Å². The molecule has 0 unspecified atom stereocenters. The van der Waals surface area contributed by atoms with Gasteiger partial charge in [-0.25, -0.2) is 12.8 Å². The van der Waals surface area contributed by atoms with Crippen LogP contribution in [0.2, 0.25) is 0 Å². The topological polar surface area (TPSA) is 118 Å². The molecule has 2 rings (SSSR count). The lowest BCUT2D eigenvalue weighted by Crippen LogP contribution is -2.33. The summed E-state index contributed by atoms with van der Waals surface area (Å²) in [6.07, 6.45) is -0.523. The molecule has 0 amide bonds. The number of hydrogen-bond acceptors (Lipinski definition) is 5. The fourth-order valence-electron chi connectivity index (χ4n) is 2.10. The number of aliphatic carboxylic acids is 1. The van der Waals surface area contributed by atoms with Gasteiger partial charge in [-0.05, 0) is 24.3 Å². The van der Waals surface area contributed by atoms with Crippen LogP contribution in [-0.4, -0.2) is 31.0 Å². The summed E-state index contributed by atoms with van der Waals surface area (Å²) >= 11 is 0. The summed E-state index contributed by atoms with van der Waals surface area (Å²) in [4.78, 5) is 20.5. The number of non-ortho nitro benzene ring substituents is 1. The highest BCUT2D eigenvalue weighted by Gasteiger charge is 2.27. The summed E-state index contributed by atoms with van der Waals surface area (Å²) in [5, 5.41) is 19.7. The molecule has 0 fully saturated rings. The predicted molar refractivity (Wildman–Crippen MR) is 86.3 cm³/mol. The van der Waals surface area contributed by atoms with Crippen molar-refractivity contribution in [3.63, 3.8) is 0 Å². The van der Waals surface area contributed by atoms with Crippen molar-refractivity contribution in [2.45, 2.75) is 11.3 Å². The second-order valence-electron chi connectivity index (χ2n) is 4.96. The summed E-state index contributed by atoms with van der Waals surface area (Å²) < 4.78 is 39.8. The average Bonchev–Trinajstić information content (AvgIpc) is 2.54. The maximum atomic E-state index is 13.5. The van der Waals surface area contributed by atoms with Crippen molar-refractivity contribution in [2.75, 3.05) is 10.8 Å². The van der Waals surface area contributed by atoms with Gasteiger partial charge in [-0.3, -0.25) is 19.2 Å². The lowest BCUT2D eigenvalue weighted by Gasteiger charge is -2.24. The molecule has 0 saturated carbocycles. The van der Waals surface area contributed by atoms with Crippen LogP contribution >= 0.6 is 0 Å². The zero-order valence-electron chi connectivity index (χ0n) is 12.7. The standard InChI is InChI=1S/C15H13FN2O6S/c16-11-3-1-4-12(9-11)17(8-7-15(19)20)25(23,24)14-6-2-5-13(10-14)18(21)22/h1-6,9-10H,7-8H2,(H,19,20). The van der Waals surface area contributed by atoms with E-state index in [0.717, 1.165) is 30.3 Å². The Labute approximate surface area is 142 Å². The van der Waals surface area contributed by atoms with Crippen LogP contribution < -0.4 is 4.31 Å². The zero-order valence-corrected chi connectivity index (χ0v) is 13.5. The van der Waals surface area contributed by atoms with Crippen molar-refractivity contribution in [3.8, 4) is 0 Å². The molecule has 2 aromatic carbocycles. The molecular formula is C15H13FN2O6S. The number of anilines is 1. The largest absolute Gasteiger partial charge is 0.481 e. The highest BCUT2D eigenvalue weighted by atomic mass is 32.2. The van der Waals surface area contributed by atoms with Crippen molar-refractivity contribution in [1.82, 2.24) is 0 Å². The van der Waals surface area contributed by atoms with Gasteiger partial charge in [-0.1, -0.05) is 12.1 Å². The minimum Gasteiger partial charge on any atom is -0.481 e. The van der Waals surface area contributed by atoms with Crippen LogP contribution in [0.3, 0.4) is 0 Å². The van der Waals surface area contributed by atoms with E-state index < -0.39 is 50.3 Å². The molecule has 1 N–H and O–H groups in total. The van der Waals surface area contributed by atoms with E-state index >= 15 is 0 Å². The normalized spacial score (nSPS) is 11.1. The Hall–Kier alpha value is -3.01. The van der Waals surface area contributed by atoms with E-state index in [-0.39, 0.29) is 5.69 Å². The molecule has 0 spiro atoms. The fraction of sp³-hybridized carbons (Fsp3) is 0.133. The van der Waals surface area contributed by atoms with Gasteiger partial charge in [0.05, 0.1) is 21.9 Å². The minimum absolute atomic E-state index is 0.0762. The predicted octanol–water partition coefficient (Wildman–Crippen LogP) is 2.40. The van der Waals surface area contributed by atoms with E-state index in [1.165, 1.54) is 18.2 Å². The van der Waals surface area contributed by atoms with Gasteiger partial charge in [-0.2, -0.15) is 0 Å². The minimum atomic E-state index is -4.32. The molecule has 10 heteroatoms. The van der Waals surface area contributed by atoms with E-state index in [0.29, 0.717) is 4.31 Å². The molecule has 132 valence electrons. The number of nitrogens with zero attached hydrogens (tertiary/aromatic N) is 2. The number of rotatable bonds is 7. The molecular weight excluding hydrogens is 355 g/mol. The number of benzene rings is 2. The van der Waals surface area contributed by atoms with E-state index in [1.54, 1.807) is 0 Å². The van der Waals surface area contributed by atoms with Gasteiger partial charge in [-0.15, -0.1) is 0 Å². The number of carbonyl (C=O) groups is 1. The molecule has 0 aromatic heterocycles. The summed E-state index contributed by atoms with van der Waals surface area (Å²) in [5.41, 5.74) is -0.508. The molecule has 0 aliphatic heterocycles. The highest BCUT2D eigenvalue weighted by molar-refractivity contribution is 7.92. The smallest absolute Gasteiger partial charge is 0.305 e. The van der Waals surface area contributed by atoms with Gasteiger partial charge < -0.3 is 5.11 Å². The van der Waals surface area contributed by atoms with Gasteiger partial charge in [0.25, 0.3) is 15.7 Å². The van der Waals surface area contributed by atoms with Crippen LogP contribution in [0, 0.1) is 15.9 Å². The number of carboxylic acids is 1. The number of halogens is 1. The first kappa shape index (κ1) is 18.3. The molecule has 2 aromatic rings. The van der Waals surface area contributed by atoms with Gasteiger partial charge in [0.2, 0.25) is 0 Å². The second-order valence-corrected chi connectivity index (χ2v) is 6.82. The maximum Gasteiger partial charge on any atom is 0.305 e. The SMILES string of the molecule is O=C(O)CCN(c1cccc(F)c1)S(=O)(=O)c1cccc([N+](=O)[O-])c1. The third-order valence-electron chi connectivity index (χ3n) is 3.24. The Morgan fingerprint density at radius 1 is 1.20 bits per heavy atom. The first-order chi connectivity index (χ1) is 11.7. The second kappa shape index (κ2) is 7.26. The first-order valence-electron chi connectivity index (χ1n) is 6.96.